The highest BCUT2D eigenvalue weighted by Gasteiger charge is 2.29. The van der Waals surface area contributed by atoms with Gasteiger partial charge in [-0.15, -0.1) is 0 Å². The molecule has 0 radical (unpaired) electrons. The molecule has 0 spiro atoms. The number of rotatable bonds is 5. The summed E-state index contributed by atoms with van der Waals surface area (Å²) in [6.07, 6.45) is -0.840. The molecular weight excluding hydrogens is 306 g/mol. The van der Waals surface area contributed by atoms with Crippen molar-refractivity contribution in [1.82, 2.24) is 0 Å². The molecule has 0 fully saturated rings. The van der Waals surface area contributed by atoms with Crippen molar-refractivity contribution in [2.24, 2.45) is 5.92 Å². The molecule has 1 atom stereocenters. The summed E-state index contributed by atoms with van der Waals surface area (Å²) in [5, 5.41) is 0. The molecule has 0 amide bonds. The zero-order chi connectivity index (χ0) is 13.9. The van der Waals surface area contributed by atoms with Crippen LogP contribution in [0.25, 0.3) is 0 Å². The highest BCUT2D eigenvalue weighted by Crippen LogP contribution is 2.25. The highest BCUT2D eigenvalue weighted by atomic mass is 79.9. The lowest BCUT2D eigenvalue weighted by Crippen LogP contribution is -2.31. The van der Waals surface area contributed by atoms with Crippen molar-refractivity contribution in [3.8, 4) is 0 Å². The van der Waals surface area contributed by atoms with Crippen molar-refractivity contribution in [3.05, 3.63) is 33.8 Å². The normalized spacial score (nSPS) is 12.8. The topological polar surface area (TPSA) is 26.3 Å². The highest BCUT2D eigenvalue weighted by molar-refractivity contribution is 9.10. The average Bonchev–Trinajstić information content (AvgIpc) is 2.30. The summed E-state index contributed by atoms with van der Waals surface area (Å²) in [5.74, 6) is -2.57. The molecule has 0 aliphatic heterocycles. The molecule has 0 heterocycles. The van der Waals surface area contributed by atoms with Gasteiger partial charge in [0.2, 0.25) is 0 Å². The number of ether oxygens (including phenoxy) is 1. The summed E-state index contributed by atoms with van der Waals surface area (Å²) >= 11 is 2.94. The number of hydrogen-bond donors (Lipinski definition) is 0. The van der Waals surface area contributed by atoms with Gasteiger partial charge in [0, 0.05) is 6.61 Å². The lowest BCUT2D eigenvalue weighted by Gasteiger charge is -2.20. The van der Waals surface area contributed by atoms with Crippen molar-refractivity contribution in [2.75, 3.05) is 6.61 Å². The molecule has 0 aromatic heterocycles. The van der Waals surface area contributed by atoms with Crippen molar-refractivity contribution in [3.63, 3.8) is 0 Å². The zero-order valence-corrected chi connectivity index (χ0v) is 12.1. The fourth-order valence-electron chi connectivity index (χ4n) is 1.65. The second-order valence-electron chi connectivity index (χ2n) is 4.20. The number of benzene rings is 1. The molecule has 1 rings (SSSR count). The van der Waals surface area contributed by atoms with Crippen LogP contribution in [0.3, 0.4) is 0 Å². The zero-order valence-electron chi connectivity index (χ0n) is 10.5. The molecule has 1 unspecified atom stereocenters. The van der Waals surface area contributed by atoms with E-state index in [4.69, 9.17) is 4.74 Å². The van der Waals surface area contributed by atoms with Crippen LogP contribution < -0.4 is 0 Å². The third-order valence-electron chi connectivity index (χ3n) is 2.50. The van der Waals surface area contributed by atoms with Gasteiger partial charge in [0.05, 0.1) is 10.0 Å². The summed E-state index contributed by atoms with van der Waals surface area (Å²) in [6.45, 7) is 5.58. The predicted octanol–water partition coefficient (Wildman–Crippen LogP) is 3.97. The summed E-state index contributed by atoms with van der Waals surface area (Å²) in [6, 6.07) is 2.29. The number of carbonyl (C=O) groups excluding carboxylic acids is 1. The fourth-order valence-corrected chi connectivity index (χ4v) is 1.98. The van der Waals surface area contributed by atoms with Crippen molar-refractivity contribution >= 4 is 21.7 Å². The van der Waals surface area contributed by atoms with Gasteiger partial charge in [0.25, 0.3) is 0 Å². The van der Waals surface area contributed by atoms with Crippen molar-refractivity contribution in [1.29, 1.82) is 0 Å². The van der Waals surface area contributed by atoms with Gasteiger partial charge in [-0.25, -0.2) is 8.78 Å². The number of ketones is 1. The molecule has 1 aromatic carbocycles. The summed E-state index contributed by atoms with van der Waals surface area (Å²) in [5.41, 5.74) is -0.545. The maximum atomic E-state index is 13.8. The second-order valence-corrected chi connectivity index (χ2v) is 5.06. The molecule has 0 saturated carbocycles. The summed E-state index contributed by atoms with van der Waals surface area (Å²) in [4.78, 5) is 12.1. The molecular formula is C13H15BrF2O2. The van der Waals surface area contributed by atoms with Crippen LogP contribution in [0.15, 0.2) is 16.6 Å². The Kier molecular flexibility index (Phi) is 5.41. The minimum atomic E-state index is -0.884. The smallest absolute Gasteiger partial charge is 0.197 e. The molecule has 100 valence electrons. The lowest BCUT2D eigenvalue weighted by molar-refractivity contribution is 0.0273. The van der Waals surface area contributed by atoms with E-state index in [-0.39, 0.29) is 10.4 Å². The number of halogens is 3. The largest absolute Gasteiger partial charge is 0.370 e. The van der Waals surface area contributed by atoms with Crippen LogP contribution in [-0.2, 0) is 4.74 Å². The third-order valence-corrected chi connectivity index (χ3v) is 3.11. The second kappa shape index (κ2) is 6.38. The van der Waals surface area contributed by atoms with Gasteiger partial charge in [0.1, 0.15) is 11.9 Å². The van der Waals surface area contributed by atoms with E-state index in [0.29, 0.717) is 6.61 Å². The lowest BCUT2D eigenvalue weighted by atomic mass is 9.97. The molecule has 0 saturated heterocycles. The van der Waals surface area contributed by atoms with Crippen LogP contribution in [0.4, 0.5) is 8.78 Å². The van der Waals surface area contributed by atoms with Crippen LogP contribution in [0.5, 0.6) is 0 Å². The fraction of sp³-hybridized carbons (Fsp3) is 0.462. The Morgan fingerprint density at radius 2 is 2.00 bits per heavy atom. The quantitative estimate of drug-likeness (QED) is 0.606. The average molecular weight is 321 g/mol. The Hall–Kier alpha value is -0.810. The van der Waals surface area contributed by atoms with E-state index in [1.807, 2.05) is 0 Å². The van der Waals surface area contributed by atoms with E-state index in [2.05, 4.69) is 15.9 Å². The van der Waals surface area contributed by atoms with E-state index < -0.39 is 29.1 Å². The van der Waals surface area contributed by atoms with Crippen LogP contribution in [0.1, 0.15) is 31.1 Å². The van der Waals surface area contributed by atoms with Gasteiger partial charge < -0.3 is 4.74 Å². The summed E-state index contributed by atoms with van der Waals surface area (Å²) in [7, 11) is 0. The van der Waals surface area contributed by atoms with Crippen LogP contribution in [-0.4, -0.2) is 18.5 Å². The summed E-state index contributed by atoms with van der Waals surface area (Å²) < 4.78 is 32.8. The molecule has 0 bridgehead atoms. The Morgan fingerprint density at radius 1 is 1.39 bits per heavy atom. The molecule has 5 heteroatoms. The molecule has 0 aliphatic rings. The van der Waals surface area contributed by atoms with Gasteiger partial charge in [-0.2, -0.15) is 0 Å². The number of hydrogen-bond acceptors (Lipinski definition) is 2. The Morgan fingerprint density at radius 3 is 2.50 bits per heavy atom. The maximum Gasteiger partial charge on any atom is 0.197 e. The SMILES string of the molecule is CCOC(C(=O)c1c(F)ccc(Br)c1F)C(C)C. The Bertz CT molecular complexity index is 447. The standard InChI is InChI=1S/C13H15BrF2O2/c1-4-18-13(7(2)3)12(17)10-9(15)6-5-8(14)11(10)16/h5-7,13H,4H2,1-3H3. The monoisotopic (exact) mass is 320 g/mol. The van der Waals surface area contributed by atoms with Gasteiger partial charge in [0.15, 0.2) is 11.6 Å². The van der Waals surface area contributed by atoms with Gasteiger partial charge >= 0.3 is 0 Å². The molecule has 1 aromatic rings. The first-order valence-electron chi connectivity index (χ1n) is 5.69. The van der Waals surface area contributed by atoms with E-state index in [1.54, 1.807) is 20.8 Å². The number of carbonyl (C=O) groups is 1. The van der Waals surface area contributed by atoms with Crippen molar-refractivity contribution < 1.29 is 18.3 Å². The molecule has 2 nitrogen and oxygen atoms in total. The van der Waals surface area contributed by atoms with Gasteiger partial charge in [-0.05, 0) is 40.9 Å². The minimum absolute atomic E-state index is 0.0613. The molecule has 18 heavy (non-hydrogen) atoms. The maximum absolute atomic E-state index is 13.8. The van der Waals surface area contributed by atoms with E-state index >= 15 is 0 Å². The third kappa shape index (κ3) is 3.14. The van der Waals surface area contributed by atoms with Crippen molar-refractivity contribution in [2.45, 2.75) is 26.9 Å². The Labute approximate surface area is 113 Å². The van der Waals surface area contributed by atoms with E-state index in [0.717, 1.165) is 6.07 Å². The molecule has 0 N–H and O–H groups in total. The van der Waals surface area contributed by atoms with Crippen LogP contribution in [0.2, 0.25) is 0 Å². The number of Topliss-reactive ketones (excluding diaryl/α,β-unsaturated/α-hetero) is 1. The first-order valence-corrected chi connectivity index (χ1v) is 6.48. The van der Waals surface area contributed by atoms with Crippen LogP contribution in [0, 0.1) is 17.6 Å². The first-order chi connectivity index (χ1) is 8.40. The van der Waals surface area contributed by atoms with E-state index in [9.17, 15) is 13.6 Å². The van der Waals surface area contributed by atoms with Gasteiger partial charge in [-0.1, -0.05) is 13.8 Å². The minimum Gasteiger partial charge on any atom is -0.370 e. The first kappa shape index (κ1) is 15.2. The van der Waals surface area contributed by atoms with Gasteiger partial charge in [-0.3, -0.25) is 4.79 Å². The van der Waals surface area contributed by atoms with Crippen LogP contribution >= 0.6 is 15.9 Å². The molecule has 0 aliphatic carbocycles. The predicted molar refractivity (Wildman–Crippen MR) is 68.6 cm³/mol. The van der Waals surface area contributed by atoms with E-state index in [1.165, 1.54) is 6.07 Å². The Balaban J connectivity index is 3.20.